The number of aliphatic hydroxyl groups is 1. The highest BCUT2D eigenvalue weighted by Gasteiger charge is 2.23. The number of hydrogen-bond donors (Lipinski definition) is 1. The maximum atomic E-state index is 13.7. The van der Waals surface area contributed by atoms with Crippen LogP contribution in [0.25, 0.3) is 0 Å². The topological polar surface area (TPSA) is 25.2 Å². The number of nitrogens with zero attached hydrogens (tertiary/aromatic N) is 1. The third-order valence-electron chi connectivity index (χ3n) is 4.41. The maximum absolute atomic E-state index is 13.7. The fourth-order valence-corrected chi connectivity index (χ4v) is 3.08. The molecule has 1 aromatic heterocycles. The molecule has 2 aromatic rings. The van der Waals surface area contributed by atoms with E-state index < -0.39 is 0 Å². The van der Waals surface area contributed by atoms with Crippen LogP contribution in [-0.2, 0) is 6.42 Å². The van der Waals surface area contributed by atoms with Gasteiger partial charge in [-0.3, -0.25) is 0 Å². The Balaban J connectivity index is 1.98. The molecule has 2 unspecified atom stereocenters. The zero-order chi connectivity index (χ0) is 14.3. The Morgan fingerprint density at radius 2 is 2.15 bits per heavy atom. The van der Waals surface area contributed by atoms with Crippen LogP contribution in [0, 0.1) is 12.7 Å². The molecule has 1 N–H and O–H groups in total. The molecule has 1 heterocycles. The molecule has 0 radical (unpaired) electrons. The minimum absolute atomic E-state index is 0.0825. The summed E-state index contributed by atoms with van der Waals surface area (Å²) in [7, 11) is 0. The Labute approximate surface area is 118 Å². The number of aromatic nitrogens is 1. The maximum Gasteiger partial charge on any atom is 0.126 e. The van der Waals surface area contributed by atoms with Gasteiger partial charge in [0, 0.05) is 17.5 Å². The summed E-state index contributed by atoms with van der Waals surface area (Å²) < 4.78 is 15.9. The van der Waals surface area contributed by atoms with Gasteiger partial charge in [-0.05, 0) is 56.4 Å². The Hall–Kier alpha value is -1.61. The summed E-state index contributed by atoms with van der Waals surface area (Å²) in [5.74, 6) is -0.157. The summed E-state index contributed by atoms with van der Waals surface area (Å²) in [6, 6.07) is 7.51. The zero-order valence-corrected chi connectivity index (χ0v) is 11.9. The van der Waals surface area contributed by atoms with Crippen molar-refractivity contribution in [2.45, 2.75) is 45.3 Å². The predicted molar refractivity (Wildman–Crippen MR) is 77.3 cm³/mol. The van der Waals surface area contributed by atoms with Gasteiger partial charge in [0.15, 0.2) is 0 Å². The number of aryl methyl sites for hydroxylation is 1. The Bertz CT molecular complexity index is 632. The van der Waals surface area contributed by atoms with Crippen molar-refractivity contribution in [3.63, 3.8) is 0 Å². The van der Waals surface area contributed by atoms with Crippen molar-refractivity contribution in [1.29, 1.82) is 0 Å². The highest BCUT2D eigenvalue weighted by atomic mass is 19.1. The number of aliphatic hydroxyl groups excluding tert-OH is 1. The van der Waals surface area contributed by atoms with E-state index in [0.717, 1.165) is 30.4 Å². The average Bonchev–Trinajstić information content (AvgIpc) is 2.86. The van der Waals surface area contributed by atoms with Crippen molar-refractivity contribution in [2.75, 3.05) is 0 Å². The van der Waals surface area contributed by atoms with Crippen LogP contribution >= 0.6 is 0 Å². The van der Waals surface area contributed by atoms with E-state index in [9.17, 15) is 9.50 Å². The third kappa shape index (κ3) is 2.16. The lowest BCUT2D eigenvalue weighted by Crippen LogP contribution is -2.15. The third-order valence-corrected chi connectivity index (χ3v) is 4.41. The predicted octanol–water partition coefficient (Wildman–Crippen LogP) is 3.91. The first-order valence-electron chi connectivity index (χ1n) is 7.21. The van der Waals surface area contributed by atoms with Crippen LogP contribution in [0.1, 0.15) is 54.3 Å². The smallest absolute Gasteiger partial charge is 0.126 e. The van der Waals surface area contributed by atoms with E-state index in [0.29, 0.717) is 5.56 Å². The van der Waals surface area contributed by atoms with E-state index >= 15 is 0 Å². The Morgan fingerprint density at radius 3 is 2.90 bits per heavy atom. The highest BCUT2D eigenvalue weighted by molar-refractivity contribution is 5.32. The molecule has 3 heteroatoms. The van der Waals surface area contributed by atoms with Gasteiger partial charge >= 0.3 is 0 Å². The lowest BCUT2D eigenvalue weighted by atomic mass is 9.95. The molecule has 0 bridgehead atoms. The van der Waals surface area contributed by atoms with Gasteiger partial charge in [0.05, 0.1) is 12.1 Å². The zero-order valence-electron chi connectivity index (χ0n) is 11.9. The summed E-state index contributed by atoms with van der Waals surface area (Å²) in [5.41, 5.74) is 3.87. The molecule has 2 nitrogen and oxygen atoms in total. The van der Waals surface area contributed by atoms with Crippen LogP contribution in [0.3, 0.4) is 0 Å². The first-order chi connectivity index (χ1) is 9.58. The molecule has 0 fully saturated rings. The summed E-state index contributed by atoms with van der Waals surface area (Å²) in [6.45, 7) is 3.85. The van der Waals surface area contributed by atoms with Crippen LogP contribution in [0.2, 0.25) is 0 Å². The van der Waals surface area contributed by atoms with Gasteiger partial charge in [-0.2, -0.15) is 0 Å². The van der Waals surface area contributed by atoms with Gasteiger partial charge in [0.25, 0.3) is 0 Å². The molecule has 0 aliphatic heterocycles. The molecule has 2 atom stereocenters. The Morgan fingerprint density at radius 1 is 1.35 bits per heavy atom. The van der Waals surface area contributed by atoms with Gasteiger partial charge in [-0.25, -0.2) is 4.39 Å². The van der Waals surface area contributed by atoms with Crippen LogP contribution in [0.15, 0.2) is 30.5 Å². The molecule has 0 spiro atoms. The van der Waals surface area contributed by atoms with Crippen molar-refractivity contribution in [2.24, 2.45) is 0 Å². The molecule has 0 saturated heterocycles. The first kappa shape index (κ1) is 13.4. The fourth-order valence-electron chi connectivity index (χ4n) is 3.08. The summed E-state index contributed by atoms with van der Waals surface area (Å²) >= 11 is 0. The van der Waals surface area contributed by atoms with Crippen molar-refractivity contribution in [3.05, 3.63) is 58.7 Å². The molecule has 3 rings (SSSR count). The highest BCUT2D eigenvalue weighted by Crippen LogP contribution is 2.33. The van der Waals surface area contributed by atoms with E-state index in [2.05, 4.69) is 11.5 Å². The molecular formula is C17H20FNO. The van der Waals surface area contributed by atoms with Crippen molar-refractivity contribution < 1.29 is 9.50 Å². The van der Waals surface area contributed by atoms with Gasteiger partial charge in [-0.1, -0.05) is 12.1 Å². The lowest BCUT2D eigenvalue weighted by molar-refractivity contribution is 0.155. The second kappa shape index (κ2) is 5.06. The van der Waals surface area contributed by atoms with E-state index in [-0.39, 0.29) is 18.0 Å². The molecule has 0 amide bonds. The standard InChI is InChI=1S/C17H20FNO/c1-11-6-7-13(10-15(11)18)12(2)19-9-8-14-16(19)4-3-5-17(14)20/h6-10,12,17,20H,3-5H2,1-2H3. The van der Waals surface area contributed by atoms with Gasteiger partial charge in [0.1, 0.15) is 5.82 Å². The minimum Gasteiger partial charge on any atom is -0.388 e. The summed E-state index contributed by atoms with van der Waals surface area (Å²) in [4.78, 5) is 0. The van der Waals surface area contributed by atoms with Crippen LogP contribution in [0.5, 0.6) is 0 Å². The van der Waals surface area contributed by atoms with Crippen molar-refractivity contribution in [3.8, 4) is 0 Å². The molecule has 1 aromatic carbocycles. The number of rotatable bonds is 2. The van der Waals surface area contributed by atoms with Gasteiger partial charge < -0.3 is 9.67 Å². The summed E-state index contributed by atoms with van der Waals surface area (Å²) in [6.07, 6.45) is 4.50. The van der Waals surface area contributed by atoms with E-state index in [1.165, 1.54) is 5.69 Å². The van der Waals surface area contributed by atoms with Crippen LogP contribution < -0.4 is 0 Å². The number of benzene rings is 1. The number of halogens is 1. The number of fused-ring (bicyclic) bond motifs is 1. The minimum atomic E-state index is -0.345. The van der Waals surface area contributed by atoms with E-state index in [1.807, 2.05) is 24.4 Å². The largest absolute Gasteiger partial charge is 0.388 e. The van der Waals surface area contributed by atoms with Crippen LogP contribution in [0.4, 0.5) is 4.39 Å². The molecule has 20 heavy (non-hydrogen) atoms. The first-order valence-corrected chi connectivity index (χ1v) is 7.21. The fraction of sp³-hybridized carbons (Fsp3) is 0.412. The van der Waals surface area contributed by atoms with Crippen LogP contribution in [-0.4, -0.2) is 9.67 Å². The van der Waals surface area contributed by atoms with E-state index in [1.54, 1.807) is 13.0 Å². The number of hydrogen-bond acceptors (Lipinski definition) is 1. The van der Waals surface area contributed by atoms with Crippen molar-refractivity contribution in [1.82, 2.24) is 4.57 Å². The lowest BCUT2D eigenvalue weighted by Gasteiger charge is -2.24. The normalized spacial score (nSPS) is 19.7. The average molecular weight is 273 g/mol. The van der Waals surface area contributed by atoms with Gasteiger partial charge in [-0.15, -0.1) is 0 Å². The molecular weight excluding hydrogens is 253 g/mol. The van der Waals surface area contributed by atoms with Gasteiger partial charge in [0.2, 0.25) is 0 Å². The molecule has 0 saturated carbocycles. The molecule has 1 aliphatic rings. The van der Waals surface area contributed by atoms with E-state index in [4.69, 9.17) is 0 Å². The Kier molecular flexibility index (Phi) is 3.38. The SMILES string of the molecule is Cc1ccc(C(C)n2ccc3c2CCCC3O)cc1F. The monoisotopic (exact) mass is 273 g/mol. The molecule has 106 valence electrons. The second-order valence-corrected chi connectivity index (χ2v) is 5.72. The molecule has 1 aliphatic carbocycles. The van der Waals surface area contributed by atoms with Crippen molar-refractivity contribution >= 4 is 0 Å². The summed E-state index contributed by atoms with van der Waals surface area (Å²) in [5, 5.41) is 10.0. The second-order valence-electron chi connectivity index (χ2n) is 5.72. The quantitative estimate of drug-likeness (QED) is 0.881.